The van der Waals surface area contributed by atoms with E-state index in [1.54, 1.807) is 6.08 Å². The molecule has 0 saturated heterocycles. The molecule has 10 aromatic rings. The minimum atomic E-state index is -0.143. The van der Waals surface area contributed by atoms with Crippen molar-refractivity contribution < 1.29 is 0 Å². The van der Waals surface area contributed by atoms with Crippen LogP contribution in [0, 0.1) is 11.3 Å². The fraction of sp³-hybridized carbons (Fsp3) is 0.0870. The van der Waals surface area contributed by atoms with Crippen LogP contribution in [-0.2, 0) is 10.8 Å². The van der Waals surface area contributed by atoms with Gasteiger partial charge in [-0.1, -0.05) is 198 Å². The standard InChI is InChI=1S/C69H53N3/c1-68(2)64-21-13-11-19-60(64)62-41-39-57(45-66(62)68)71(53-31-23-49(24-32-53)47-15-7-5-8-16-47)55-35-27-51(28-36-55)59(43-44-70)52-29-37-56(38-30-52)72(54-33-25-50(26-34-54)48-17-9-6-10-18-48)58-40-42-63-61-20-12-14-22-65(61)69(3,4)67(63)46-58/h5-43,45-46H,1-4H3. The van der Waals surface area contributed by atoms with Crippen LogP contribution >= 0.6 is 0 Å². The summed E-state index contributed by atoms with van der Waals surface area (Å²) in [5.74, 6) is 0. The maximum atomic E-state index is 10.3. The van der Waals surface area contributed by atoms with Crippen molar-refractivity contribution in [2.24, 2.45) is 0 Å². The second kappa shape index (κ2) is 17.8. The Balaban J connectivity index is 0.899. The highest BCUT2D eigenvalue weighted by atomic mass is 15.1. The van der Waals surface area contributed by atoms with Crippen molar-refractivity contribution >= 4 is 39.7 Å². The second-order valence-electron chi connectivity index (χ2n) is 20.1. The molecule has 0 heterocycles. The third kappa shape index (κ3) is 7.61. The summed E-state index contributed by atoms with van der Waals surface area (Å²) in [7, 11) is 0. The number of benzene rings is 10. The quantitative estimate of drug-likeness (QED) is 0.128. The van der Waals surface area contributed by atoms with E-state index in [-0.39, 0.29) is 10.8 Å². The molecule has 0 aliphatic heterocycles. The van der Waals surface area contributed by atoms with Gasteiger partial charge in [0.15, 0.2) is 0 Å². The van der Waals surface area contributed by atoms with Crippen LogP contribution in [0.1, 0.15) is 61.1 Å². The summed E-state index contributed by atoms with van der Waals surface area (Å²) in [4.78, 5) is 4.69. The van der Waals surface area contributed by atoms with Crippen LogP contribution in [0.5, 0.6) is 0 Å². The molecule has 0 saturated carbocycles. The Morgan fingerprint density at radius 3 is 1.01 bits per heavy atom. The molecule has 0 N–H and O–H groups in total. The van der Waals surface area contributed by atoms with E-state index in [1.807, 2.05) is 0 Å². The summed E-state index contributed by atoms with van der Waals surface area (Å²) in [6.07, 6.45) is 1.67. The fourth-order valence-corrected chi connectivity index (χ4v) is 11.4. The van der Waals surface area contributed by atoms with Gasteiger partial charge in [0.05, 0.1) is 6.07 Å². The number of rotatable bonds is 10. The Morgan fingerprint density at radius 1 is 0.333 bits per heavy atom. The van der Waals surface area contributed by atoms with Gasteiger partial charge >= 0.3 is 0 Å². The van der Waals surface area contributed by atoms with E-state index in [2.05, 4.69) is 286 Å². The predicted octanol–water partition coefficient (Wildman–Crippen LogP) is 18.5. The normalized spacial score (nSPS) is 13.2. The molecule has 0 fully saturated rings. The van der Waals surface area contributed by atoms with Gasteiger partial charge < -0.3 is 9.80 Å². The Bertz CT molecular complexity index is 3470. The van der Waals surface area contributed by atoms with Crippen LogP contribution in [0.25, 0.3) is 50.1 Å². The van der Waals surface area contributed by atoms with E-state index in [4.69, 9.17) is 0 Å². The molecule has 2 aliphatic carbocycles. The number of allylic oxidation sites excluding steroid dienone is 1. The van der Waals surface area contributed by atoms with Crippen LogP contribution in [0.3, 0.4) is 0 Å². The van der Waals surface area contributed by atoms with Crippen LogP contribution in [0.2, 0.25) is 0 Å². The lowest BCUT2D eigenvalue weighted by molar-refractivity contribution is 0.660. The van der Waals surface area contributed by atoms with Gasteiger partial charge in [0.25, 0.3) is 0 Å². The highest BCUT2D eigenvalue weighted by Crippen LogP contribution is 2.52. The molecular formula is C69H53N3. The topological polar surface area (TPSA) is 30.3 Å². The van der Waals surface area contributed by atoms with Crippen LogP contribution in [-0.4, -0.2) is 0 Å². The van der Waals surface area contributed by atoms with Crippen molar-refractivity contribution in [3.8, 4) is 50.6 Å². The SMILES string of the molecule is CC1(C)c2ccccc2-c2ccc(N(c3ccc(C(=CC#N)c4ccc(N(c5ccc(-c6ccccc6)cc5)c5ccc6c(c5)C(C)(C)c5ccccc5-6)cc4)cc3)c3ccc(-c4ccccc4)cc3)cc21. The zero-order valence-electron chi connectivity index (χ0n) is 41.0. The number of anilines is 6. The van der Waals surface area contributed by atoms with Gasteiger partial charge in [0, 0.05) is 51.0 Å². The third-order valence-electron chi connectivity index (χ3n) is 15.2. The molecule has 0 aromatic heterocycles. The molecule has 3 nitrogen and oxygen atoms in total. The number of nitrogens with zero attached hydrogens (tertiary/aromatic N) is 3. The predicted molar refractivity (Wildman–Crippen MR) is 301 cm³/mol. The van der Waals surface area contributed by atoms with E-state index in [0.29, 0.717) is 0 Å². The van der Waals surface area contributed by atoms with E-state index in [0.717, 1.165) is 50.8 Å². The van der Waals surface area contributed by atoms with Gasteiger partial charge in [-0.15, -0.1) is 0 Å². The monoisotopic (exact) mass is 923 g/mol. The number of nitriles is 1. The minimum Gasteiger partial charge on any atom is -0.310 e. The Kier molecular flexibility index (Phi) is 10.9. The van der Waals surface area contributed by atoms with E-state index >= 15 is 0 Å². The lowest BCUT2D eigenvalue weighted by Crippen LogP contribution is -2.16. The number of fused-ring (bicyclic) bond motifs is 6. The molecule has 0 bridgehead atoms. The zero-order chi connectivity index (χ0) is 49.0. The average molecular weight is 924 g/mol. The second-order valence-corrected chi connectivity index (χ2v) is 20.1. The minimum absolute atomic E-state index is 0.143. The summed E-state index contributed by atoms with van der Waals surface area (Å²) in [6, 6.07) is 89.9. The van der Waals surface area contributed by atoms with Crippen LogP contribution in [0.4, 0.5) is 34.1 Å². The summed E-state index contributed by atoms with van der Waals surface area (Å²) in [6.45, 7) is 9.33. The summed E-state index contributed by atoms with van der Waals surface area (Å²) in [5.41, 5.74) is 24.1. The first-order chi connectivity index (χ1) is 35.2. The lowest BCUT2D eigenvalue weighted by atomic mass is 9.82. The van der Waals surface area contributed by atoms with E-state index in [9.17, 15) is 5.26 Å². The molecule has 344 valence electrons. The average Bonchev–Trinajstić information content (AvgIpc) is 3.80. The summed E-state index contributed by atoms with van der Waals surface area (Å²) in [5, 5.41) is 10.3. The highest BCUT2D eigenvalue weighted by molar-refractivity contribution is 5.90. The van der Waals surface area contributed by atoms with Gasteiger partial charge in [-0.05, 0) is 156 Å². The van der Waals surface area contributed by atoms with Crippen LogP contribution in [0.15, 0.2) is 249 Å². The summed E-state index contributed by atoms with van der Waals surface area (Å²) < 4.78 is 0. The lowest BCUT2D eigenvalue weighted by Gasteiger charge is -2.29. The van der Waals surface area contributed by atoms with Gasteiger partial charge in [-0.25, -0.2) is 0 Å². The van der Waals surface area contributed by atoms with Crippen molar-refractivity contribution in [3.05, 3.63) is 282 Å². The van der Waals surface area contributed by atoms with Gasteiger partial charge in [-0.2, -0.15) is 5.26 Å². The van der Waals surface area contributed by atoms with Crippen molar-refractivity contribution in [2.45, 2.75) is 38.5 Å². The Hall–Kier alpha value is -8.97. The van der Waals surface area contributed by atoms with Crippen LogP contribution < -0.4 is 9.80 Å². The Labute approximate surface area is 423 Å². The molecular weight excluding hydrogens is 871 g/mol. The molecule has 0 spiro atoms. The molecule has 0 atom stereocenters. The van der Waals surface area contributed by atoms with Gasteiger partial charge in [-0.3, -0.25) is 0 Å². The van der Waals surface area contributed by atoms with Gasteiger partial charge in [0.1, 0.15) is 0 Å². The first-order valence-corrected chi connectivity index (χ1v) is 24.9. The first kappa shape index (κ1) is 44.3. The third-order valence-corrected chi connectivity index (χ3v) is 15.2. The molecule has 0 radical (unpaired) electrons. The van der Waals surface area contributed by atoms with Crippen molar-refractivity contribution in [1.29, 1.82) is 5.26 Å². The Morgan fingerprint density at radius 2 is 0.639 bits per heavy atom. The molecule has 12 rings (SSSR count). The van der Waals surface area contributed by atoms with Crippen molar-refractivity contribution in [1.82, 2.24) is 0 Å². The fourth-order valence-electron chi connectivity index (χ4n) is 11.4. The van der Waals surface area contributed by atoms with Crippen molar-refractivity contribution in [2.75, 3.05) is 9.80 Å². The summed E-state index contributed by atoms with van der Waals surface area (Å²) >= 11 is 0. The van der Waals surface area contributed by atoms with E-state index in [1.165, 1.54) is 66.8 Å². The molecule has 10 aromatic carbocycles. The van der Waals surface area contributed by atoms with Crippen molar-refractivity contribution in [3.63, 3.8) is 0 Å². The first-order valence-electron chi connectivity index (χ1n) is 24.9. The number of hydrogen-bond acceptors (Lipinski definition) is 3. The maximum Gasteiger partial charge on any atom is 0.0918 e. The maximum absolute atomic E-state index is 10.3. The molecule has 0 unspecified atom stereocenters. The zero-order valence-corrected chi connectivity index (χ0v) is 41.0. The largest absolute Gasteiger partial charge is 0.310 e. The molecule has 0 amide bonds. The molecule has 3 heteroatoms. The van der Waals surface area contributed by atoms with Gasteiger partial charge in [0.2, 0.25) is 0 Å². The molecule has 72 heavy (non-hydrogen) atoms. The number of hydrogen-bond donors (Lipinski definition) is 0. The molecule has 2 aliphatic rings. The smallest absolute Gasteiger partial charge is 0.0918 e. The highest BCUT2D eigenvalue weighted by Gasteiger charge is 2.37. The van der Waals surface area contributed by atoms with E-state index < -0.39 is 0 Å².